The Morgan fingerprint density at radius 2 is 1.51 bits per heavy atom. The highest BCUT2D eigenvalue weighted by molar-refractivity contribution is 6.07. The molecular weight excluding hydrogens is 967 g/mol. The molecule has 0 aromatic heterocycles. The summed E-state index contributed by atoms with van der Waals surface area (Å²) in [5.74, 6) is -0.250. The Labute approximate surface area is 436 Å². The second-order valence-corrected chi connectivity index (χ2v) is 18.6. The van der Waals surface area contributed by atoms with Gasteiger partial charge in [-0.1, -0.05) is 31.2 Å². The number of hydrogen-bond acceptors (Lipinski definition) is 14. The molecule has 2 saturated heterocycles. The summed E-state index contributed by atoms with van der Waals surface area (Å²) in [6, 6.07) is 19.7. The van der Waals surface area contributed by atoms with Crippen LogP contribution in [0.2, 0.25) is 0 Å². The van der Waals surface area contributed by atoms with E-state index in [9.17, 15) is 33.6 Å². The minimum atomic E-state index is -0.811. The van der Waals surface area contributed by atoms with E-state index in [0.29, 0.717) is 114 Å². The highest BCUT2D eigenvalue weighted by Crippen LogP contribution is 2.42. The van der Waals surface area contributed by atoms with Gasteiger partial charge in [0.1, 0.15) is 23.9 Å². The summed E-state index contributed by atoms with van der Waals surface area (Å²) in [4.78, 5) is 95.0. The Hall–Kier alpha value is -7.83. The molecule has 3 aliphatic heterocycles. The van der Waals surface area contributed by atoms with Crippen LogP contribution in [0.1, 0.15) is 116 Å². The quantitative estimate of drug-likeness (QED) is 0.0383. The predicted molar refractivity (Wildman–Crippen MR) is 275 cm³/mol. The summed E-state index contributed by atoms with van der Waals surface area (Å²) in [5, 5.41) is 8.00. The van der Waals surface area contributed by atoms with E-state index in [1.54, 1.807) is 73.7 Å². The van der Waals surface area contributed by atoms with Crippen LogP contribution in [0.25, 0.3) is 0 Å². The average Bonchev–Trinajstić information content (AvgIpc) is 3.77. The molecule has 3 aliphatic rings. The van der Waals surface area contributed by atoms with Gasteiger partial charge in [-0.05, 0) is 123 Å². The number of carbonyl (C=O) groups is 7. The van der Waals surface area contributed by atoms with Crippen molar-refractivity contribution in [3.63, 3.8) is 0 Å². The van der Waals surface area contributed by atoms with Crippen molar-refractivity contribution in [2.24, 2.45) is 0 Å². The molecule has 0 saturated carbocycles. The van der Waals surface area contributed by atoms with E-state index in [4.69, 9.17) is 33.2 Å². The maximum absolute atomic E-state index is 14.5. The Morgan fingerprint density at radius 3 is 2.19 bits per heavy atom. The summed E-state index contributed by atoms with van der Waals surface area (Å²) < 4.78 is 39.9. The first kappa shape index (κ1) is 54.9. The van der Waals surface area contributed by atoms with Gasteiger partial charge in [0, 0.05) is 49.3 Å². The number of methoxy groups -OCH3 is 5. The molecule has 19 nitrogen and oxygen atoms in total. The van der Waals surface area contributed by atoms with Gasteiger partial charge < -0.3 is 53.6 Å². The topological polar surface area (TPSA) is 227 Å². The first-order valence-corrected chi connectivity index (χ1v) is 25.4. The zero-order valence-electron chi connectivity index (χ0n) is 43.5. The third kappa shape index (κ3) is 13.3. The van der Waals surface area contributed by atoms with Gasteiger partial charge in [0.05, 0.1) is 41.5 Å². The van der Waals surface area contributed by atoms with Gasteiger partial charge in [-0.25, -0.2) is 4.79 Å². The van der Waals surface area contributed by atoms with E-state index in [0.717, 1.165) is 18.4 Å². The minimum Gasteiger partial charge on any atom is -0.493 e. The molecule has 75 heavy (non-hydrogen) atoms. The van der Waals surface area contributed by atoms with Crippen molar-refractivity contribution in [2.45, 2.75) is 108 Å². The summed E-state index contributed by atoms with van der Waals surface area (Å²) in [6.07, 6.45) is 4.13. The maximum atomic E-state index is 14.5. The Kier molecular flexibility index (Phi) is 19.0. The lowest BCUT2D eigenvalue weighted by atomic mass is 9.91. The molecule has 400 valence electrons. The molecule has 0 spiro atoms. The smallest absolute Gasteiger partial charge is 0.329 e. The Bertz CT molecular complexity index is 2700. The molecule has 4 aromatic carbocycles. The van der Waals surface area contributed by atoms with E-state index < -0.39 is 36.0 Å². The van der Waals surface area contributed by atoms with Crippen molar-refractivity contribution in [3.8, 4) is 34.5 Å². The number of unbranched alkanes of at least 4 members (excludes halogenated alkanes) is 1. The van der Waals surface area contributed by atoms with Gasteiger partial charge in [0.25, 0.3) is 11.8 Å². The average molecular weight is 1030 g/mol. The normalized spacial score (nSPS) is 17.0. The number of likely N-dealkylation sites (tertiary alicyclic amines) is 1. The van der Waals surface area contributed by atoms with Crippen LogP contribution in [-0.2, 0) is 46.5 Å². The number of anilines is 1. The van der Waals surface area contributed by atoms with Crippen LogP contribution < -0.4 is 44.4 Å². The van der Waals surface area contributed by atoms with E-state index in [1.165, 1.54) is 26.2 Å². The molecule has 3 heterocycles. The van der Waals surface area contributed by atoms with Crippen LogP contribution in [0.15, 0.2) is 72.8 Å². The third-order valence-corrected chi connectivity index (χ3v) is 13.9. The molecule has 2 fully saturated rings. The summed E-state index contributed by atoms with van der Waals surface area (Å²) in [6.45, 7) is 2.51. The highest BCUT2D eigenvalue weighted by Gasteiger charge is 2.41. The molecule has 0 bridgehead atoms. The molecule has 7 rings (SSSR count). The molecule has 19 heteroatoms. The van der Waals surface area contributed by atoms with Crippen molar-refractivity contribution in [2.75, 3.05) is 60.6 Å². The number of fused-ring (bicyclic) bond motifs is 1. The van der Waals surface area contributed by atoms with Crippen LogP contribution in [0, 0.1) is 0 Å². The summed E-state index contributed by atoms with van der Waals surface area (Å²) in [7, 11) is 7.70. The summed E-state index contributed by atoms with van der Waals surface area (Å²) >= 11 is 0. The number of aryl methyl sites for hydroxylation is 1. The Balaban J connectivity index is 0.931. The number of hydrogen-bond donors (Lipinski definition) is 3. The van der Waals surface area contributed by atoms with Gasteiger partial charge in [-0.2, -0.15) is 0 Å². The lowest BCUT2D eigenvalue weighted by Gasteiger charge is -2.37. The second kappa shape index (κ2) is 25.9. The number of ether oxygens (including phenoxy) is 7. The molecule has 6 amide bonds. The van der Waals surface area contributed by atoms with Crippen LogP contribution in [0.5, 0.6) is 34.5 Å². The predicted octanol–water partition coefficient (Wildman–Crippen LogP) is 6.59. The number of imide groups is 1. The number of nitrogens with zero attached hydrogens (tertiary/aromatic N) is 2. The number of benzene rings is 4. The van der Waals surface area contributed by atoms with Gasteiger partial charge in [-0.15, -0.1) is 0 Å². The lowest BCUT2D eigenvalue weighted by Crippen LogP contribution is -2.52. The zero-order valence-corrected chi connectivity index (χ0v) is 43.5. The van der Waals surface area contributed by atoms with Crippen LogP contribution >= 0.6 is 0 Å². The van der Waals surface area contributed by atoms with E-state index >= 15 is 0 Å². The van der Waals surface area contributed by atoms with Crippen molar-refractivity contribution >= 4 is 47.1 Å². The molecular formula is C56H67N5O14. The van der Waals surface area contributed by atoms with Crippen molar-refractivity contribution < 1.29 is 66.7 Å². The maximum Gasteiger partial charge on any atom is 0.329 e. The molecule has 3 N–H and O–H groups in total. The summed E-state index contributed by atoms with van der Waals surface area (Å²) in [5.41, 5.74) is 3.81. The fraction of sp³-hybridized carbons (Fsp3) is 0.446. The number of esters is 1. The first-order valence-electron chi connectivity index (χ1n) is 25.4. The SMILES string of the molecule is CC[C@H](C(=O)N1CCCC[C@H]1C(=O)O[C@H](CCc1ccc(OC)c(OC)c1)c1ccc(OCC(=O)NCCCCC(=O)Nc2cccc3c2CN(C2CCC(=O)NC2=O)C3=O)cc1)c1cc(OC)c(OC)c(OC)c1. The van der Waals surface area contributed by atoms with Gasteiger partial charge in [0.15, 0.2) is 29.6 Å². The first-order chi connectivity index (χ1) is 36.3. The molecule has 4 aromatic rings. The molecule has 4 atom stereocenters. The van der Waals surface area contributed by atoms with E-state index in [2.05, 4.69) is 16.0 Å². The monoisotopic (exact) mass is 1030 g/mol. The van der Waals surface area contributed by atoms with E-state index in [1.807, 2.05) is 25.1 Å². The van der Waals surface area contributed by atoms with Gasteiger partial charge in [0.2, 0.25) is 29.4 Å². The standard InChI is InChI=1S/C56H67N5O14/c1-7-38(36-30-47(71-4)52(73-6)48(31-36)72-5)54(66)60-28-11-9-15-43(60)56(68)75-44(24-17-34-18-25-45(69-2)46(29-34)70-3)35-19-21-37(22-20-35)74-33-51(64)57-27-10-8-16-49(62)58-41-14-12-13-39-40(41)32-61(55(39)67)42-23-26-50(63)59-53(42)65/h12-14,18-22,25,29-31,38,42-44H,7-11,15-17,23-24,26-28,32-33H2,1-6H3,(H,57,64)(H,58,62)(H,59,63,65)/t38-,42?,43-,44+/m0/s1. The number of amides is 6. The van der Waals surface area contributed by atoms with Crippen molar-refractivity contribution in [3.05, 3.63) is 101 Å². The number of piperidine rings is 2. The zero-order chi connectivity index (χ0) is 53.6. The lowest BCUT2D eigenvalue weighted by molar-refractivity contribution is -0.162. The van der Waals surface area contributed by atoms with Gasteiger partial charge >= 0.3 is 5.97 Å². The fourth-order valence-corrected chi connectivity index (χ4v) is 9.87. The van der Waals surface area contributed by atoms with Crippen LogP contribution in [0.3, 0.4) is 0 Å². The third-order valence-electron chi connectivity index (χ3n) is 13.9. The van der Waals surface area contributed by atoms with Gasteiger partial charge in [-0.3, -0.25) is 34.1 Å². The molecule has 1 unspecified atom stereocenters. The number of carbonyl (C=O) groups excluding carboxylic acids is 7. The van der Waals surface area contributed by atoms with Crippen LogP contribution in [-0.4, -0.2) is 119 Å². The van der Waals surface area contributed by atoms with Crippen molar-refractivity contribution in [1.29, 1.82) is 0 Å². The minimum absolute atomic E-state index is 0.137. The van der Waals surface area contributed by atoms with Crippen molar-refractivity contribution in [1.82, 2.24) is 20.4 Å². The largest absolute Gasteiger partial charge is 0.493 e. The Morgan fingerprint density at radius 1 is 0.773 bits per heavy atom. The van der Waals surface area contributed by atoms with Crippen LogP contribution in [0.4, 0.5) is 5.69 Å². The fourth-order valence-electron chi connectivity index (χ4n) is 9.87. The molecule has 0 radical (unpaired) electrons. The highest BCUT2D eigenvalue weighted by atomic mass is 16.5. The number of nitrogens with one attached hydrogen (secondary N) is 3. The second-order valence-electron chi connectivity index (χ2n) is 18.6. The molecule has 0 aliphatic carbocycles. The number of rotatable bonds is 24. The van der Waals surface area contributed by atoms with E-state index in [-0.39, 0.29) is 62.0 Å².